The fourth-order valence-electron chi connectivity index (χ4n) is 4.35. The Labute approximate surface area is 206 Å². The number of benzene rings is 2. The van der Waals surface area contributed by atoms with Crippen LogP contribution < -0.4 is 0 Å². The van der Waals surface area contributed by atoms with E-state index in [1.54, 1.807) is 55.1 Å². The number of carboxylic acid groups (broad SMARTS) is 1. The molecule has 1 saturated heterocycles. The molecule has 0 amide bonds. The largest absolute Gasteiger partial charge is 0.481 e. The van der Waals surface area contributed by atoms with Crippen molar-refractivity contribution in [1.29, 1.82) is 0 Å². The van der Waals surface area contributed by atoms with Crippen molar-refractivity contribution in [3.8, 4) is 0 Å². The first-order valence-corrected chi connectivity index (χ1v) is 14.3. The molecule has 8 heteroatoms. The summed E-state index contributed by atoms with van der Waals surface area (Å²) in [4.78, 5) is 12.4. The number of thioether (sulfide) groups is 1. The highest BCUT2D eigenvalue weighted by Crippen LogP contribution is 2.43. The number of piperidine rings is 1. The zero-order chi connectivity index (χ0) is 24.0. The lowest BCUT2D eigenvalue weighted by molar-refractivity contribution is -0.143. The highest BCUT2D eigenvalue weighted by Gasteiger charge is 2.45. The SMILES string of the molecule is CCCCCCS[C@@H]1C[C@@H](c2ccc(Cl)cc2)N(S(=O)(=O)c2ccccc2C)C[C@H]1C(=O)O. The Bertz CT molecular complexity index is 1040. The summed E-state index contributed by atoms with van der Waals surface area (Å²) < 4.78 is 28.9. The number of halogens is 1. The molecule has 0 spiro atoms. The normalized spacial score (nSPS) is 21.7. The van der Waals surface area contributed by atoms with Crippen LogP contribution in [0.3, 0.4) is 0 Å². The maximum atomic E-state index is 13.8. The summed E-state index contributed by atoms with van der Waals surface area (Å²) in [5.74, 6) is -0.823. The second-order valence-electron chi connectivity index (χ2n) is 8.56. The minimum atomic E-state index is -3.89. The number of hydrogen-bond donors (Lipinski definition) is 1. The molecule has 0 unspecified atom stereocenters. The third kappa shape index (κ3) is 6.32. The fourth-order valence-corrected chi connectivity index (χ4v) is 7.78. The summed E-state index contributed by atoms with van der Waals surface area (Å²) in [5.41, 5.74) is 1.48. The summed E-state index contributed by atoms with van der Waals surface area (Å²) in [5, 5.41) is 10.4. The summed E-state index contributed by atoms with van der Waals surface area (Å²) in [6.45, 7) is 3.87. The van der Waals surface area contributed by atoms with E-state index in [1.165, 1.54) is 10.7 Å². The Kier molecular flexibility index (Phi) is 9.27. The summed E-state index contributed by atoms with van der Waals surface area (Å²) in [6, 6.07) is 13.6. The smallest absolute Gasteiger partial charge is 0.308 e. The summed E-state index contributed by atoms with van der Waals surface area (Å²) in [7, 11) is -3.89. The van der Waals surface area contributed by atoms with E-state index in [9.17, 15) is 18.3 Å². The standard InChI is InChI=1S/C25H32ClNO4S2/c1-3-4-5-8-15-32-23-16-22(19-11-13-20(26)14-12-19)27(17-21(23)25(28)29)33(30,31)24-10-7-6-9-18(24)2/h6-7,9-14,21-23H,3-5,8,15-17H2,1-2H3,(H,28,29)/t21-,22+,23-/m1/s1. The molecule has 5 nitrogen and oxygen atoms in total. The van der Waals surface area contributed by atoms with Crippen molar-refractivity contribution in [2.45, 2.75) is 62.1 Å². The third-order valence-corrected chi connectivity index (χ3v) is 9.97. The molecule has 0 radical (unpaired) electrons. The van der Waals surface area contributed by atoms with E-state index < -0.39 is 28.0 Å². The molecule has 3 atom stereocenters. The van der Waals surface area contributed by atoms with Gasteiger partial charge < -0.3 is 5.11 Å². The molecule has 0 saturated carbocycles. The molecule has 0 aliphatic carbocycles. The van der Waals surface area contributed by atoms with E-state index in [0.29, 0.717) is 17.0 Å². The first-order chi connectivity index (χ1) is 15.8. The summed E-state index contributed by atoms with van der Waals surface area (Å²) >= 11 is 7.75. The van der Waals surface area contributed by atoms with Crippen molar-refractivity contribution >= 4 is 39.4 Å². The molecule has 0 bridgehead atoms. The first kappa shape index (κ1) is 26.1. The van der Waals surface area contributed by atoms with Gasteiger partial charge in [0.2, 0.25) is 10.0 Å². The van der Waals surface area contributed by atoms with E-state index in [-0.39, 0.29) is 16.7 Å². The molecule has 33 heavy (non-hydrogen) atoms. The number of carbonyl (C=O) groups is 1. The van der Waals surface area contributed by atoms with Gasteiger partial charge in [0.25, 0.3) is 0 Å². The lowest BCUT2D eigenvalue weighted by Crippen LogP contribution is -2.49. The van der Waals surface area contributed by atoms with Gasteiger partial charge in [-0.3, -0.25) is 4.79 Å². The quantitative estimate of drug-likeness (QED) is 0.388. The van der Waals surface area contributed by atoms with E-state index in [4.69, 9.17) is 11.6 Å². The van der Waals surface area contributed by atoms with Gasteiger partial charge >= 0.3 is 5.97 Å². The van der Waals surface area contributed by atoms with Crippen molar-refractivity contribution in [2.24, 2.45) is 5.92 Å². The first-order valence-electron chi connectivity index (χ1n) is 11.4. The minimum absolute atomic E-state index is 0.0497. The maximum absolute atomic E-state index is 13.8. The molecule has 3 rings (SSSR count). The van der Waals surface area contributed by atoms with E-state index in [0.717, 1.165) is 30.6 Å². The molecule has 2 aromatic rings. The molecule has 1 heterocycles. The van der Waals surface area contributed by atoms with Crippen LogP contribution in [-0.2, 0) is 14.8 Å². The van der Waals surface area contributed by atoms with Crippen LogP contribution in [0.2, 0.25) is 5.02 Å². The molecule has 1 fully saturated rings. The fraction of sp³-hybridized carbons (Fsp3) is 0.480. The number of carboxylic acids is 1. The predicted octanol–water partition coefficient (Wildman–Crippen LogP) is 6.17. The van der Waals surface area contributed by atoms with Crippen LogP contribution in [0.4, 0.5) is 0 Å². The van der Waals surface area contributed by atoms with Crippen molar-refractivity contribution in [2.75, 3.05) is 12.3 Å². The lowest BCUT2D eigenvalue weighted by atomic mass is 9.90. The van der Waals surface area contributed by atoms with E-state index in [2.05, 4.69) is 6.92 Å². The average molecular weight is 510 g/mol. The van der Waals surface area contributed by atoms with Gasteiger partial charge in [0, 0.05) is 16.8 Å². The van der Waals surface area contributed by atoms with E-state index >= 15 is 0 Å². The van der Waals surface area contributed by atoms with Crippen molar-refractivity contribution in [1.82, 2.24) is 4.31 Å². The maximum Gasteiger partial charge on any atom is 0.308 e. The summed E-state index contributed by atoms with van der Waals surface area (Å²) in [6.07, 6.45) is 4.93. The Balaban J connectivity index is 1.95. The zero-order valence-electron chi connectivity index (χ0n) is 19.1. The molecular weight excluding hydrogens is 478 g/mol. The Morgan fingerprint density at radius 3 is 2.45 bits per heavy atom. The van der Waals surface area contributed by atoms with Gasteiger partial charge in [0.1, 0.15) is 0 Å². The number of unbranched alkanes of at least 4 members (excludes halogenated alkanes) is 3. The number of hydrogen-bond acceptors (Lipinski definition) is 4. The van der Waals surface area contributed by atoms with Crippen LogP contribution >= 0.6 is 23.4 Å². The van der Waals surface area contributed by atoms with Crippen LogP contribution in [0.25, 0.3) is 0 Å². The van der Waals surface area contributed by atoms with Gasteiger partial charge in [-0.2, -0.15) is 16.1 Å². The zero-order valence-corrected chi connectivity index (χ0v) is 21.5. The Hall–Kier alpha value is -1.54. The molecule has 2 aromatic carbocycles. The van der Waals surface area contributed by atoms with Crippen LogP contribution in [0.5, 0.6) is 0 Å². The molecule has 1 aliphatic heterocycles. The molecule has 0 aromatic heterocycles. The van der Waals surface area contributed by atoms with Gasteiger partial charge in [0.15, 0.2) is 0 Å². The lowest BCUT2D eigenvalue weighted by Gasteiger charge is -2.42. The molecule has 1 aliphatic rings. The monoisotopic (exact) mass is 509 g/mol. The number of aryl methyl sites for hydroxylation is 1. The number of rotatable bonds is 10. The van der Waals surface area contributed by atoms with Crippen LogP contribution in [0, 0.1) is 12.8 Å². The molecular formula is C25H32ClNO4S2. The number of nitrogens with zero attached hydrogens (tertiary/aromatic N) is 1. The van der Waals surface area contributed by atoms with Crippen LogP contribution in [-0.4, -0.2) is 41.3 Å². The van der Waals surface area contributed by atoms with Gasteiger partial charge in [-0.1, -0.05) is 68.1 Å². The van der Waals surface area contributed by atoms with Crippen molar-refractivity contribution in [3.05, 3.63) is 64.7 Å². The third-order valence-electron chi connectivity index (χ3n) is 6.21. The van der Waals surface area contributed by atoms with Gasteiger partial charge in [-0.25, -0.2) is 8.42 Å². The van der Waals surface area contributed by atoms with Crippen LogP contribution in [0.1, 0.15) is 56.2 Å². The molecule has 180 valence electrons. The highest BCUT2D eigenvalue weighted by atomic mass is 35.5. The van der Waals surface area contributed by atoms with Gasteiger partial charge in [-0.05, 0) is 54.8 Å². The second kappa shape index (κ2) is 11.7. The Morgan fingerprint density at radius 1 is 1.12 bits per heavy atom. The van der Waals surface area contributed by atoms with Gasteiger partial charge in [0.05, 0.1) is 16.9 Å². The Morgan fingerprint density at radius 2 is 1.82 bits per heavy atom. The predicted molar refractivity (Wildman–Crippen MR) is 135 cm³/mol. The highest BCUT2D eigenvalue weighted by molar-refractivity contribution is 7.99. The van der Waals surface area contributed by atoms with Gasteiger partial charge in [-0.15, -0.1) is 0 Å². The van der Waals surface area contributed by atoms with E-state index in [1.807, 2.05) is 12.1 Å². The average Bonchev–Trinajstić information content (AvgIpc) is 2.79. The second-order valence-corrected chi connectivity index (χ2v) is 12.2. The van der Waals surface area contributed by atoms with Crippen LogP contribution in [0.15, 0.2) is 53.4 Å². The number of sulfonamides is 1. The van der Waals surface area contributed by atoms with Crippen molar-refractivity contribution < 1.29 is 18.3 Å². The minimum Gasteiger partial charge on any atom is -0.481 e. The molecule has 1 N–H and O–H groups in total. The van der Waals surface area contributed by atoms with Crippen molar-refractivity contribution in [3.63, 3.8) is 0 Å². The topological polar surface area (TPSA) is 74.7 Å². The number of aliphatic carboxylic acids is 1.